The summed E-state index contributed by atoms with van der Waals surface area (Å²) in [6.45, 7) is 4.16. The zero-order chi connectivity index (χ0) is 22.8. The molecule has 1 atom stereocenters. The molecule has 2 N–H and O–H groups in total. The maximum absolute atomic E-state index is 12.7. The molecule has 0 bridgehead atoms. The third-order valence-electron chi connectivity index (χ3n) is 5.53. The summed E-state index contributed by atoms with van der Waals surface area (Å²) in [6.07, 6.45) is 0.165. The molecule has 3 amide bonds. The van der Waals surface area contributed by atoms with Crippen molar-refractivity contribution in [2.75, 3.05) is 22.2 Å². The Morgan fingerprint density at radius 3 is 2.19 bits per heavy atom. The molecule has 164 valence electrons. The van der Waals surface area contributed by atoms with Crippen LogP contribution in [0.1, 0.15) is 28.2 Å². The average Bonchev–Trinajstić information content (AvgIpc) is 3.32. The highest BCUT2D eigenvalue weighted by atomic mass is 79.9. The zero-order valence-electron chi connectivity index (χ0n) is 17.8. The number of nitrogens with one attached hydrogen (secondary N) is 2. The lowest BCUT2D eigenvalue weighted by atomic mass is 10.1. The van der Waals surface area contributed by atoms with Crippen molar-refractivity contribution in [2.45, 2.75) is 20.3 Å². The largest absolute Gasteiger partial charge is 0.326 e. The number of carbonyl (C=O) groups is 3. The first-order valence-corrected chi connectivity index (χ1v) is 11.0. The van der Waals surface area contributed by atoms with Gasteiger partial charge in [0.15, 0.2) is 0 Å². The molecule has 3 aromatic rings. The molecular weight excluding hydrogens is 472 g/mol. The van der Waals surface area contributed by atoms with Crippen LogP contribution in [0, 0.1) is 19.8 Å². The van der Waals surface area contributed by atoms with Gasteiger partial charge < -0.3 is 10.2 Å². The molecule has 8 heteroatoms. The number of amides is 3. The maximum Gasteiger partial charge on any atom is 0.270 e. The van der Waals surface area contributed by atoms with Gasteiger partial charge in [0.05, 0.1) is 5.92 Å². The average molecular weight is 495 g/mol. The van der Waals surface area contributed by atoms with Gasteiger partial charge >= 0.3 is 0 Å². The van der Waals surface area contributed by atoms with Crippen LogP contribution in [0.4, 0.5) is 11.4 Å². The van der Waals surface area contributed by atoms with Crippen molar-refractivity contribution in [2.24, 2.45) is 5.92 Å². The SMILES string of the molecule is Cc1ccc(C)n1NC(=O)c1ccc(NC(=O)[C@H]2CC(=O)N(c3ccc(Br)cc3)C2)cc1. The molecule has 1 aromatic heterocycles. The fraction of sp³-hybridized carbons (Fsp3) is 0.208. The standard InChI is InChI=1S/C24H23BrN4O3/c1-15-3-4-16(2)29(15)27-24(32)17-5-9-20(10-6-17)26-23(31)18-13-22(30)28(14-18)21-11-7-19(25)8-12-21/h3-12,18H,13-14H2,1-2H3,(H,26,31)(H,27,32)/t18-/m0/s1. The second-order valence-electron chi connectivity index (χ2n) is 7.84. The third-order valence-corrected chi connectivity index (χ3v) is 6.06. The number of benzene rings is 2. The van der Waals surface area contributed by atoms with E-state index in [0.717, 1.165) is 21.5 Å². The van der Waals surface area contributed by atoms with Crippen LogP contribution in [0.2, 0.25) is 0 Å². The second-order valence-corrected chi connectivity index (χ2v) is 8.76. The van der Waals surface area contributed by atoms with E-state index in [0.29, 0.717) is 17.8 Å². The van der Waals surface area contributed by atoms with Crippen molar-refractivity contribution in [3.63, 3.8) is 0 Å². The van der Waals surface area contributed by atoms with Gasteiger partial charge in [-0.05, 0) is 74.5 Å². The van der Waals surface area contributed by atoms with Crippen LogP contribution in [-0.2, 0) is 9.59 Å². The predicted molar refractivity (Wildman–Crippen MR) is 127 cm³/mol. The normalized spacial score (nSPS) is 15.7. The number of anilines is 2. The molecular formula is C24H23BrN4O3. The first-order chi connectivity index (χ1) is 15.3. The Kier molecular flexibility index (Phi) is 6.14. The predicted octanol–water partition coefficient (Wildman–Crippen LogP) is 4.24. The Balaban J connectivity index is 1.37. The Morgan fingerprint density at radius 1 is 0.938 bits per heavy atom. The summed E-state index contributed by atoms with van der Waals surface area (Å²) in [5.41, 5.74) is 6.55. The summed E-state index contributed by atoms with van der Waals surface area (Å²) in [4.78, 5) is 39.3. The summed E-state index contributed by atoms with van der Waals surface area (Å²) < 4.78 is 2.66. The molecule has 0 spiro atoms. The van der Waals surface area contributed by atoms with Crippen LogP contribution in [0.3, 0.4) is 0 Å². The van der Waals surface area contributed by atoms with Gasteiger partial charge in [-0.2, -0.15) is 0 Å². The zero-order valence-corrected chi connectivity index (χ0v) is 19.3. The van der Waals surface area contributed by atoms with Crippen molar-refractivity contribution in [3.05, 3.63) is 82.1 Å². The molecule has 0 aliphatic carbocycles. The van der Waals surface area contributed by atoms with Crippen molar-refractivity contribution < 1.29 is 14.4 Å². The van der Waals surface area contributed by atoms with Crippen molar-refractivity contribution >= 4 is 45.0 Å². The van der Waals surface area contributed by atoms with Gasteiger partial charge in [0.1, 0.15) is 0 Å². The highest BCUT2D eigenvalue weighted by Gasteiger charge is 2.35. The first kappa shape index (κ1) is 21.8. The van der Waals surface area contributed by atoms with Gasteiger partial charge in [-0.3, -0.25) is 24.5 Å². The number of carbonyl (C=O) groups excluding carboxylic acids is 3. The molecule has 1 aliphatic rings. The van der Waals surface area contributed by atoms with E-state index in [2.05, 4.69) is 26.7 Å². The lowest BCUT2D eigenvalue weighted by Gasteiger charge is -2.17. The van der Waals surface area contributed by atoms with Gasteiger partial charge in [0.2, 0.25) is 11.8 Å². The van der Waals surface area contributed by atoms with Crippen LogP contribution >= 0.6 is 15.9 Å². The number of hydrogen-bond acceptors (Lipinski definition) is 3. The summed E-state index contributed by atoms with van der Waals surface area (Å²) in [6, 6.07) is 18.0. The van der Waals surface area contributed by atoms with Crippen LogP contribution in [0.25, 0.3) is 0 Å². The summed E-state index contributed by atoms with van der Waals surface area (Å²) in [7, 11) is 0. The van der Waals surface area contributed by atoms with Crippen LogP contribution in [0.5, 0.6) is 0 Å². The van der Waals surface area contributed by atoms with E-state index in [1.165, 1.54) is 0 Å². The smallest absolute Gasteiger partial charge is 0.270 e. The molecule has 0 saturated carbocycles. The van der Waals surface area contributed by atoms with Gasteiger partial charge in [-0.15, -0.1) is 0 Å². The van der Waals surface area contributed by atoms with E-state index in [-0.39, 0.29) is 24.1 Å². The molecule has 32 heavy (non-hydrogen) atoms. The summed E-state index contributed by atoms with van der Waals surface area (Å²) in [5, 5.41) is 2.85. The van der Waals surface area contributed by atoms with Crippen molar-refractivity contribution in [3.8, 4) is 0 Å². The minimum Gasteiger partial charge on any atom is -0.326 e. The van der Waals surface area contributed by atoms with Gasteiger partial charge in [-0.25, -0.2) is 0 Å². The highest BCUT2D eigenvalue weighted by molar-refractivity contribution is 9.10. The van der Waals surface area contributed by atoms with Crippen molar-refractivity contribution in [1.29, 1.82) is 0 Å². The van der Waals surface area contributed by atoms with Crippen LogP contribution in [-0.4, -0.2) is 28.9 Å². The molecule has 0 unspecified atom stereocenters. The lowest BCUT2D eigenvalue weighted by Crippen LogP contribution is -2.28. The fourth-order valence-corrected chi connectivity index (χ4v) is 3.98. The van der Waals surface area contributed by atoms with E-state index in [1.807, 2.05) is 50.2 Å². The van der Waals surface area contributed by atoms with Crippen molar-refractivity contribution in [1.82, 2.24) is 4.68 Å². The van der Waals surface area contributed by atoms with Crippen LogP contribution in [0.15, 0.2) is 65.1 Å². The van der Waals surface area contributed by atoms with E-state index in [1.54, 1.807) is 33.8 Å². The second kappa shape index (κ2) is 9.00. The Labute approximate surface area is 194 Å². The number of nitrogens with zero attached hydrogens (tertiary/aromatic N) is 2. The van der Waals surface area contributed by atoms with E-state index in [9.17, 15) is 14.4 Å². The Morgan fingerprint density at radius 2 is 1.56 bits per heavy atom. The molecule has 1 saturated heterocycles. The number of aryl methyl sites for hydroxylation is 2. The third kappa shape index (κ3) is 4.60. The molecule has 2 aromatic carbocycles. The van der Waals surface area contributed by atoms with Gasteiger partial charge in [0, 0.05) is 45.8 Å². The van der Waals surface area contributed by atoms with Crippen LogP contribution < -0.4 is 15.6 Å². The molecule has 1 fully saturated rings. The van der Waals surface area contributed by atoms with E-state index < -0.39 is 5.92 Å². The topological polar surface area (TPSA) is 83.4 Å². The minimum atomic E-state index is -0.436. The molecule has 7 nitrogen and oxygen atoms in total. The summed E-state index contributed by atoms with van der Waals surface area (Å²) >= 11 is 3.38. The number of rotatable bonds is 5. The van der Waals surface area contributed by atoms with E-state index >= 15 is 0 Å². The number of halogens is 1. The number of aromatic nitrogens is 1. The first-order valence-electron chi connectivity index (χ1n) is 10.2. The minimum absolute atomic E-state index is 0.0740. The molecule has 1 aliphatic heterocycles. The summed E-state index contributed by atoms with van der Waals surface area (Å²) in [5.74, 6) is -0.963. The van der Waals surface area contributed by atoms with Gasteiger partial charge in [-0.1, -0.05) is 15.9 Å². The Bertz CT molecular complexity index is 1150. The molecule has 0 radical (unpaired) electrons. The monoisotopic (exact) mass is 494 g/mol. The molecule has 2 heterocycles. The highest BCUT2D eigenvalue weighted by Crippen LogP contribution is 2.27. The molecule has 4 rings (SSSR count). The fourth-order valence-electron chi connectivity index (χ4n) is 3.71. The Hall–Kier alpha value is -3.39. The number of hydrogen-bond donors (Lipinski definition) is 2. The quantitative estimate of drug-likeness (QED) is 0.556. The maximum atomic E-state index is 12.7. The van der Waals surface area contributed by atoms with Gasteiger partial charge in [0.25, 0.3) is 5.91 Å². The van der Waals surface area contributed by atoms with E-state index in [4.69, 9.17) is 0 Å². The lowest BCUT2D eigenvalue weighted by molar-refractivity contribution is -0.122.